The lowest BCUT2D eigenvalue weighted by molar-refractivity contribution is 0.264. The Morgan fingerprint density at radius 2 is 0.973 bits per heavy atom. The zero-order valence-electron chi connectivity index (χ0n) is 26.3. The number of hydrogen-bond donors (Lipinski definition) is 0. The van der Waals surface area contributed by atoms with Crippen LogP contribution in [-0.4, -0.2) is 24.5 Å². The van der Waals surface area contributed by atoms with Gasteiger partial charge in [-0.2, -0.15) is 0 Å². The van der Waals surface area contributed by atoms with Crippen LogP contribution in [0, 0.1) is 5.92 Å². The highest BCUT2D eigenvalue weighted by molar-refractivity contribution is 5.02. The Kier molecular flexibility index (Phi) is 25.6. The van der Waals surface area contributed by atoms with Gasteiger partial charge in [-0.25, -0.2) is 0 Å². The topological polar surface area (TPSA) is 3.24 Å². The molecule has 1 heterocycles. The van der Waals surface area contributed by atoms with E-state index in [9.17, 15) is 0 Å². The highest BCUT2D eigenvalue weighted by atomic mass is 15.1. The van der Waals surface area contributed by atoms with Gasteiger partial charge in [0, 0.05) is 6.54 Å². The fraction of sp³-hybridized carbons (Fsp3) is 0.944. The van der Waals surface area contributed by atoms with Gasteiger partial charge < -0.3 is 4.90 Å². The largest absolute Gasteiger partial charge is 0.303 e. The van der Waals surface area contributed by atoms with Gasteiger partial charge in [0.05, 0.1) is 0 Å². The first-order valence-corrected chi connectivity index (χ1v) is 17.7. The molecule has 0 amide bonds. The Labute approximate surface area is 236 Å². The van der Waals surface area contributed by atoms with Crippen LogP contribution in [-0.2, 0) is 0 Å². The van der Waals surface area contributed by atoms with Crippen molar-refractivity contribution in [1.82, 2.24) is 4.90 Å². The average molecular weight is 518 g/mol. The number of nitrogens with zero attached hydrogens (tertiary/aromatic N) is 1. The lowest BCUT2D eigenvalue weighted by Crippen LogP contribution is -2.26. The van der Waals surface area contributed by atoms with Crippen LogP contribution in [0.2, 0.25) is 0 Å². The first-order valence-electron chi connectivity index (χ1n) is 17.7. The standard InChI is InChI=1S/C36H71N/c1-4-7-9-11-13-15-17-19-21-23-27-36(28-24-22-20-18-16-14-12-10-8-5-2)30-26-33-37-32-25-29-35(6-3)31-34-37/h6,36H,4-5,7-34H2,1-3H3/b35-6-. The van der Waals surface area contributed by atoms with Crippen LogP contribution in [0.1, 0.15) is 194 Å². The van der Waals surface area contributed by atoms with E-state index in [4.69, 9.17) is 0 Å². The van der Waals surface area contributed by atoms with Crippen molar-refractivity contribution in [3.05, 3.63) is 11.6 Å². The molecule has 0 atom stereocenters. The second-order valence-electron chi connectivity index (χ2n) is 12.6. The van der Waals surface area contributed by atoms with Crippen molar-refractivity contribution in [3.8, 4) is 0 Å². The van der Waals surface area contributed by atoms with E-state index in [1.807, 2.05) is 0 Å². The Morgan fingerprint density at radius 3 is 1.43 bits per heavy atom. The Hall–Kier alpha value is -0.300. The Morgan fingerprint density at radius 1 is 0.541 bits per heavy atom. The van der Waals surface area contributed by atoms with Crippen molar-refractivity contribution in [3.63, 3.8) is 0 Å². The maximum absolute atomic E-state index is 2.77. The first-order chi connectivity index (χ1) is 18.3. The molecule has 0 spiro atoms. The summed E-state index contributed by atoms with van der Waals surface area (Å²) < 4.78 is 0. The van der Waals surface area contributed by atoms with Crippen LogP contribution in [0.25, 0.3) is 0 Å². The summed E-state index contributed by atoms with van der Waals surface area (Å²) in [5.41, 5.74) is 1.70. The molecule has 1 aliphatic heterocycles. The van der Waals surface area contributed by atoms with Crippen LogP contribution in [0.5, 0.6) is 0 Å². The zero-order valence-corrected chi connectivity index (χ0v) is 26.3. The van der Waals surface area contributed by atoms with E-state index >= 15 is 0 Å². The van der Waals surface area contributed by atoms with Gasteiger partial charge in [0.15, 0.2) is 0 Å². The summed E-state index contributed by atoms with van der Waals surface area (Å²) in [5, 5.41) is 0. The van der Waals surface area contributed by atoms with Gasteiger partial charge >= 0.3 is 0 Å². The van der Waals surface area contributed by atoms with Crippen molar-refractivity contribution in [2.75, 3.05) is 19.6 Å². The summed E-state index contributed by atoms with van der Waals surface area (Å²) in [6.07, 6.45) is 41.7. The van der Waals surface area contributed by atoms with E-state index in [1.54, 1.807) is 5.57 Å². The monoisotopic (exact) mass is 518 g/mol. The van der Waals surface area contributed by atoms with E-state index < -0.39 is 0 Å². The van der Waals surface area contributed by atoms with E-state index in [0.717, 1.165) is 5.92 Å². The molecule has 0 aromatic heterocycles. The molecule has 0 aromatic rings. The lowest BCUT2D eigenvalue weighted by atomic mass is 9.90. The number of rotatable bonds is 26. The summed E-state index contributed by atoms with van der Waals surface area (Å²) in [5.74, 6) is 1.00. The molecular formula is C36H71N. The summed E-state index contributed by atoms with van der Waals surface area (Å²) in [4.78, 5) is 2.77. The minimum Gasteiger partial charge on any atom is -0.303 e. The van der Waals surface area contributed by atoms with Crippen molar-refractivity contribution >= 4 is 0 Å². The van der Waals surface area contributed by atoms with Crippen LogP contribution in [0.15, 0.2) is 11.6 Å². The SMILES string of the molecule is C/C=C1/CCCN(CCCC(CCCCCCCCCCCC)CCCCCCCCCCCC)CC1. The molecule has 0 saturated carbocycles. The van der Waals surface area contributed by atoms with Gasteiger partial charge in [-0.15, -0.1) is 0 Å². The molecule has 0 radical (unpaired) electrons. The highest BCUT2D eigenvalue weighted by Gasteiger charge is 2.13. The molecule has 0 aromatic carbocycles. The second kappa shape index (κ2) is 27.3. The van der Waals surface area contributed by atoms with Crippen molar-refractivity contribution < 1.29 is 0 Å². The first kappa shape index (κ1) is 34.7. The van der Waals surface area contributed by atoms with Gasteiger partial charge in [-0.3, -0.25) is 0 Å². The maximum atomic E-state index is 2.77. The number of allylic oxidation sites excluding steroid dienone is 1. The molecule has 1 rings (SSSR count). The lowest BCUT2D eigenvalue weighted by Gasteiger charge is -2.22. The quantitative estimate of drug-likeness (QED) is 0.0814. The fourth-order valence-electron chi connectivity index (χ4n) is 6.46. The fourth-order valence-corrected chi connectivity index (χ4v) is 6.46. The van der Waals surface area contributed by atoms with E-state index in [1.165, 1.54) is 193 Å². The van der Waals surface area contributed by atoms with Gasteiger partial charge in [-0.1, -0.05) is 167 Å². The molecule has 1 heteroatoms. The normalized spacial score (nSPS) is 16.2. The number of unbranched alkanes of at least 4 members (excludes halogenated alkanes) is 18. The predicted octanol–water partition coefficient (Wildman–Crippen LogP) is 12.4. The van der Waals surface area contributed by atoms with E-state index in [2.05, 4.69) is 31.7 Å². The Balaban J connectivity index is 2.19. The van der Waals surface area contributed by atoms with E-state index in [-0.39, 0.29) is 0 Å². The molecule has 220 valence electrons. The summed E-state index contributed by atoms with van der Waals surface area (Å²) in [6.45, 7) is 10.9. The van der Waals surface area contributed by atoms with Crippen LogP contribution >= 0.6 is 0 Å². The molecule has 0 unspecified atom stereocenters. The molecule has 1 aliphatic rings. The van der Waals surface area contributed by atoms with Gasteiger partial charge in [0.1, 0.15) is 0 Å². The maximum Gasteiger partial charge on any atom is 0.00186 e. The second-order valence-corrected chi connectivity index (χ2v) is 12.6. The summed E-state index contributed by atoms with van der Waals surface area (Å²) in [7, 11) is 0. The van der Waals surface area contributed by atoms with Crippen LogP contribution in [0.4, 0.5) is 0 Å². The van der Waals surface area contributed by atoms with Gasteiger partial charge in [-0.05, 0) is 58.0 Å². The molecule has 0 N–H and O–H groups in total. The third kappa shape index (κ3) is 22.2. The Bertz CT molecular complexity index is 457. The molecule has 0 bridgehead atoms. The summed E-state index contributed by atoms with van der Waals surface area (Å²) in [6, 6.07) is 0. The number of hydrogen-bond acceptors (Lipinski definition) is 1. The minimum absolute atomic E-state index is 1.00. The molecule has 0 aliphatic carbocycles. The molecule has 1 fully saturated rings. The van der Waals surface area contributed by atoms with E-state index in [0.29, 0.717) is 0 Å². The minimum atomic E-state index is 1.00. The molecule has 1 nitrogen and oxygen atoms in total. The molecular weight excluding hydrogens is 446 g/mol. The third-order valence-corrected chi connectivity index (χ3v) is 9.15. The average Bonchev–Trinajstić information content (AvgIpc) is 3.15. The van der Waals surface area contributed by atoms with Crippen molar-refractivity contribution in [2.24, 2.45) is 5.92 Å². The third-order valence-electron chi connectivity index (χ3n) is 9.15. The predicted molar refractivity (Wildman–Crippen MR) is 170 cm³/mol. The van der Waals surface area contributed by atoms with Crippen LogP contribution in [0.3, 0.4) is 0 Å². The summed E-state index contributed by atoms with van der Waals surface area (Å²) >= 11 is 0. The van der Waals surface area contributed by atoms with Gasteiger partial charge in [0.25, 0.3) is 0 Å². The smallest absolute Gasteiger partial charge is 0.00186 e. The number of likely N-dealkylation sites (tertiary alicyclic amines) is 1. The molecule has 1 saturated heterocycles. The van der Waals surface area contributed by atoms with Crippen molar-refractivity contribution in [1.29, 1.82) is 0 Å². The van der Waals surface area contributed by atoms with Gasteiger partial charge in [0.2, 0.25) is 0 Å². The zero-order chi connectivity index (χ0) is 26.7. The van der Waals surface area contributed by atoms with Crippen molar-refractivity contribution in [2.45, 2.75) is 194 Å². The van der Waals surface area contributed by atoms with Crippen LogP contribution < -0.4 is 0 Å². The highest BCUT2D eigenvalue weighted by Crippen LogP contribution is 2.25. The molecule has 37 heavy (non-hydrogen) atoms.